The molecule has 0 atom stereocenters. The summed E-state index contributed by atoms with van der Waals surface area (Å²) in [5.41, 5.74) is 8.19. The maximum atomic E-state index is 11.6. The first-order valence-electron chi connectivity index (χ1n) is 4.79. The number of nitrogens with zero attached hydrogens (tertiary/aromatic N) is 1. The molecule has 0 bridgehead atoms. The van der Waals surface area contributed by atoms with Crippen molar-refractivity contribution in [3.63, 3.8) is 0 Å². The smallest absolute Gasteiger partial charge is 0.326 e. The number of H-pyrrole nitrogens is 1. The predicted octanol–water partition coefficient (Wildman–Crippen LogP) is 0.933. The first kappa shape index (κ1) is 9.73. The molecule has 4 heteroatoms. The van der Waals surface area contributed by atoms with Gasteiger partial charge in [0.25, 0.3) is 0 Å². The molecule has 0 aliphatic carbocycles. The van der Waals surface area contributed by atoms with E-state index in [-0.39, 0.29) is 5.69 Å². The molecule has 0 saturated carbocycles. The van der Waals surface area contributed by atoms with Gasteiger partial charge in [-0.05, 0) is 18.6 Å². The first-order valence-corrected chi connectivity index (χ1v) is 4.79. The number of hydrogen-bond acceptors (Lipinski definition) is 2. The Kier molecular flexibility index (Phi) is 2.43. The molecule has 2 rings (SSSR count). The highest BCUT2D eigenvalue weighted by Crippen LogP contribution is 2.13. The number of rotatable bonds is 2. The lowest BCUT2D eigenvalue weighted by atomic mass is 10.2. The van der Waals surface area contributed by atoms with Gasteiger partial charge in [0.2, 0.25) is 0 Å². The fourth-order valence-electron chi connectivity index (χ4n) is 1.66. The average molecular weight is 203 g/mol. The number of nitrogens with one attached hydrogen (secondary N) is 1. The Bertz CT molecular complexity index is 525. The van der Waals surface area contributed by atoms with Gasteiger partial charge in [0, 0.05) is 18.4 Å². The van der Waals surface area contributed by atoms with Gasteiger partial charge in [-0.3, -0.25) is 4.57 Å². The van der Waals surface area contributed by atoms with E-state index in [1.807, 2.05) is 31.2 Å². The summed E-state index contributed by atoms with van der Waals surface area (Å²) in [5.74, 6) is 0. The van der Waals surface area contributed by atoms with Crippen LogP contribution in [-0.2, 0) is 6.54 Å². The van der Waals surface area contributed by atoms with Gasteiger partial charge in [-0.15, -0.1) is 0 Å². The maximum Gasteiger partial charge on any atom is 0.330 e. The molecule has 0 spiro atoms. The lowest BCUT2D eigenvalue weighted by Gasteiger charge is -2.08. The van der Waals surface area contributed by atoms with E-state index in [1.165, 1.54) is 0 Å². The minimum absolute atomic E-state index is 0.131. The van der Waals surface area contributed by atoms with E-state index in [9.17, 15) is 4.79 Å². The monoisotopic (exact) mass is 203 g/mol. The molecule has 0 aliphatic rings. The zero-order valence-electron chi connectivity index (χ0n) is 8.53. The van der Waals surface area contributed by atoms with Crippen LogP contribution in [0.4, 0.5) is 0 Å². The van der Waals surface area contributed by atoms with Gasteiger partial charge in [-0.2, -0.15) is 0 Å². The first-order chi connectivity index (χ1) is 7.24. The van der Waals surface area contributed by atoms with Crippen molar-refractivity contribution in [1.82, 2.24) is 9.55 Å². The van der Waals surface area contributed by atoms with Gasteiger partial charge < -0.3 is 10.7 Å². The van der Waals surface area contributed by atoms with Crippen LogP contribution in [0.5, 0.6) is 0 Å². The summed E-state index contributed by atoms with van der Waals surface area (Å²) in [5, 5.41) is 0. The Labute approximate surface area is 87.4 Å². The summed E-state index contributed by atoms with van der Waals surface area (Å²) >= 11 is 0. The summed E-state index contributed by atoms with van der Waals surface area (Å²) in [7, 11) is 0. The minimum atomic E-state index is -0.131. The predicted molar refractivity (Wildman–Crippen MR) is 59.0 cm³/mol. The van der Waals surface area contributed by atoms with Crippen molar-refractivity contribution < 1.29 is 0 Å². The highest BCUT2D eigenvalue weighted by Gasteiger charge is 2.07. The lowest BCUT2D eigenvalue weighted by molar-refractivity contribution is 0.916. The molecule has 1 aromatic carbocycles. The van der Waals surface area contributed by atoms with Crippen LogP contribution in [0.25, 0.3) is 5.69 Å². The zero-order chi connectivity index (χ0) is 10.8. The highest BCUT2D eigenvalue weighted by molar-refractivity contribution is 5.41. The van der Waals surface area contributed by atoms with Gasteiger partial charge in [0.05, 0.1) is 5.69 Å². The molecule has 78 valence electrons. The molecular formula is C11H13N3O. The highest BCUT2D eigenvalue weighted by atomic mass is 16.1. The number of imidazole rings is 1. The molecule has 3 N–H and O–H groups in total. The number of aryl methyl sites for hydroxylation is 1. The fourth-order valence-corrected chi connectivity index (χ4v) is 1.66. The van der Waals surface area contributed by atoms with Gasteiger partial charge in [-0.25, -0.2) is 4.79 Å². The van der Waals surface area contributed by atoms with Crippen LogP contribution in [0.1, 0.15) is 11.3 Å². The van der Waals surface area contributed by atoms with Crippen molar-refractivity contribution in [2.75, 3.05) is 0 Å². The number of nitrogens with two attached hydrogens (primary N) is 1. The topological polar surface area (TPSA) is 63.8 Å². The normalized spacial score (nSPS) is 10.5. The summed E-state index contributed by atoms with van der Waals surface area (Å²) in [4.78, 5) is 14.2. The largest absolute Gasteiger partial charge is 0.330 e. The van der Waals surface area contributed by atoms with E-state index in [0.717, 1.165) is 16.9 Å². The van der Waals surface area contributed by atoms with Gasteiger partial charge in [0.15, 0.2) is 0 Å². The Balaban J connectivity index is 2.69. The van der Waals surface area contributed by atoms with Gasteiger partial charge in [0.1, 0.15) is 0 Å². The third kappa shape index (κ3) is 1.59. The molecule has 1 heterocycles. The molecule has 0 aliphatic heterocycles. The van der Waals surface area contributed by atoms with Crippen molar-refractivity contribution in [3.05, 3.63) is 52.2 Å². The molecule has 0 radical (unpaired) electrons. The molecule has 0 saturated heterocycles. The van der Waals surface area contributed by atoms with Gasteiger partial charge >= 0.3 is 5.69 Å². The number of para-hydroxylation sites is 1. The van der Waals surface area contributed by atoms with E-state index in [2.05, 4.69) is 4.98 Å². The van der Waals surface area contributed by atoms with Crippen LogP contribution < -0.4 is 11.4 Å². The summed E-state index contributed by atoms with van der Waals surface area (Å²) in [6.45, 7) is 2.30. The van der Waals surface area contributed by atoms with Crippen molar-refractivity contribution in [2.45, 2.75) is 13.5 Å². The number of benzene rings is 1. The summed E-state index contributed by atoms with van der Waals surface area (Å²) < 4.78 is 1.63. The summed E-state index contributed by atoms with van der Waals surface area (Å²) in [6.07, 6.45) is 1.69. The van der Waals surface area contributed by atoms with Crippen molar-refractivity contribution in [2.24, 2.45) is 5.73 Å². The Hall–Kier alpha value is -1.81. The third-order valence-corrected chi connectivity index (χ3v) is 2.41. The van der Waals surface area contributed by atoms with Crippen LogP contribution >= 0.6 is 0 Å². The van der Waals surface area contributed by atoms with E-state index in [1.54, 1.807) is 10.8 Å². The lowest BCUT2D eigenvalue weighted by Crippen LogP contribution is -2.18. The molecule has 1 aromatic heterocycles. The van der Waals surface area contributed by atoms with E-state index in [4.69, 9.17) is 5.73 Å². The van der Waals surface area contributed by atoms with E-state index in [0.29, 0.717) is 6.54 Å². The van der Waals surface area contributed by atoms with Crippen molar-refractivity contribution in [1.29, 1.82) is 0 Å². The third-order valence-electron chi connectivity index (χ3n) is 2.41. The second kappa shape index (κ2) is 3.74. The second-order valence-electron chi connectivity index (χ2n) is 3.40. The molecule has 15 heavy (non-hydrogen) atoms. The van der Waals surface area contributed by atoms with Crippen molar-refractivity contribution in [3.8, 4) is 5.69 Å². The van der Waals surface area contributed by atoms with Gasteiger partial charge in [-0.1, -0.05) is 18.2 Å². The maximum absolute atomic E-state index is 11.6. The number of hydrogen-bond donors (Lipinski definition) is 2. The summed E-state index contributed by atoms with van der Waals surface area (Å²) in [6, 6.07) is 7.63. The number of aromatic nitrogens is 2. The van der Waals surface area contributed by atoms with Crippen LogP contribution in [0, 0.1) is 6.92 Å². The van der Waals surface area contributed by atoms with E-state index < -0.39 is 0 Å². The minimum Gasteiger partial charge on any atom is -0.326 e. The van der Waals surface area contributed by atoms with E-state index >= 15 is 0 Å². The zero-order valence-corrected chi connectivity index (χ0v) is 8.53. The molecule has 0 unspecified atom stereocenters. The Morgan fingerprint density at radius 3 is 2.73 bits per heavy atom. The van der Waals surface area contributed by atoms with Crippen LogP contribution in [-0.4, -0.2) is 9.55 Å². The van der Waals surface area contributed by atoms with Crippen LogP contribution in [0.3, 0.4) is 0 Å². The average Bonchev–Trinajstić information content (AvgIpc) is 2.59. The van der Waals surface area contributed by atoms with Crippen LogP contribution in [0.2, 0.25) is 0 Å². The molecule has 0 amide bonds. The quantitative estimate of drug-likeness (QED) is 0.762. The molecule has 4 nitrogen and oxygen atoms in total. The van der Waals surface area contributed by atoms with Crippen molar-refractivity contribution >= 4 is 0 Å². The molecule has 0 fully saturated rings. The number of aromatic amines is 1. The second-order valence-corrected chi connectivity index (χ2v) is 3.40. The molecular weight excluding hydrogens is 190 g/mol. The Morgan fingerprint density at radius 1 is 1.40 bits per heavy atom. The standard InChI is InChI=1S/C11H13N3O/c1-8-7-13-11(15)14(8)10-5-3-2-4-9(10)6-12/h2-5,7H,6,12H2,1H3,(H,13,15). The molecule has 2 aromatic rings. The van der Waals surface area contributed by atoms with Crippen LogP contribution in [0.15, 0.2) is 35.3 Å². The SMILES string of the molecule is Cc1c[nH]c(=O)n1-c1ccccc1CN. The fraction of sp³-hybridized carbons (Fsp3) is 0.182. The Morgan fingerprint density at radius 2 is 2.13 bits per heavy atom.